The van der Waals surface area contributed by atoms with Gasteiger partial charge in [-0.3, -0.25) is 0 Å². The fourth-order valence-corrected chi connectivity index (χ4v) is 4.00. The van der Waals surface area contributed by atoms with E-state index < -0.39 is 0 Å². The maximum atomic E-state index is 5.76. The normalized spacial score (nSPS) is 58.8. The molecule has 4 atom stereocenters. The Bertz CT molecular complexity index is 227. The van der Waals surface area contributed by atoms with Crippen molar-refractivity contribution in [3.63, 3.8) is 0 Å². The van der Waals surface area contributed by atoms with Crippen LogP contribution in [0.4, 0.5) is 0 Å². The van der Waals surface area contributed by atoms with E-state index >= 15 is 0 Å². The topological polar surface area (TPSA) is 12.5 Å². The number of fused-ring (bicyclic) bond motifs is 2. The number of epoxide rings is 1. The summed E-state index contributed by atoms with van der Waals surface area (Å²) in [6.07, 6.45) is 2.81. The van der Waals surface area contributed by atoms with Gasteiger partial charge in [0.05, 0.1) is 6.61 Å². The summed E-state index contributed by atoms with van der Waals surface area (Å²) < 4.78 is 5.76. The molecule has 1 saturated heterocycles. The predicted molar refractivity (Wildman–Crippen MR) is 47.8 cm³/mol. The number of hydrogen-bond donors (Lipinski definition) is 0. The number of rotatable bonds is 1. The van der Waals surface area contributed by atoms with Crippen molar-refractivity contribution in [2.24, 2.45) is 23.2 Å². The molecule has 1 heteroatoms. The molecule has 0 aromatic carbocycles. The monoisotopic (exact) mass is 166 g/mol. The SMILES string of the molecule is CCC1C2CC2[C@@]2(CO2)C1(C)C. The highest BCUT2D eigenvalue weighted by molar-refractivity contribution is 5.25. The van der Waals surface area contributed by atoms with E-state index in [1.165, 1.54) is 12.8 Å². The summed E-state index contributed by atoms with van der Waals surface area (Å²) in [5.41, 5.74) is 0.813. The van der Waals surface area contributed by atoms with Gasteiger partial charge in [0.15, 0.2) is 0 Å². The first kappa shape index (κ1) is 7.37. The molecule has 0 aromatic rings. The largest absolute Gasteiger partial charge is 0.369 e. The maximum absolute atomic E-state index is 5.76. The van der Waals surface area contributed by atoms with Crippen molar-refractivity contribution < 1.29 is 4.74 Å². The maximum Gasteiger partial charge on any atom is 0.100 e. The standard InChI is InChI=1S/C11H18O/c1-4-8-7-5-9(7)11(6-12-11)10(8,2)3/h7-9H,4-6H2,1-3H3/t7?,8?,9?,11-/m0/s1. The van der Waals surface area contributed by atoms with Crippen LogP contribution in [0.15, 0.2) is 0 Å². The first-order valence-corrected chi connectivity index (χ1v) is 5.27. The van der Waals surface area contributed by atoms with Gasteiger partial charge < -0.3 is 4.74 Å². The van der Waals surface area contributed by atoms with E-state index in [4.69, 9.17) is 4.74 Å². The molecule has 0 bridgehead atoms. The molecular weight excluding hydrogens is 148 g/mol. The van der Waals surface area contributed by atoms with E-state index in [2.05, 4.69) is 20.8 Å². The molecule has 2 saturated carbocycles. The number of ether oxygens (including phenoxy) is 1. The summed E-state index contributed by atoms with van der Waals surface area (Å²) in [7, 11) is 0. The molecule has 0 radical (unpaired) electrons. The highest BCUT2D eigenvalue weighted by atomic mass is 16.6. The molecule has 0 N–H and O–H groups in total. The van der Waals surface area contributed by atoms with Gasteiger partial charge in [0.2, 0.25) is 0 Å². The van der Waals surface area contributed by atoms with Gasteiger partial charge in [-0.25, -0.2) is 0 Å². The second kappa shape index (κ2) is 1.75. The molecule has 1 aliphatic heterocycles. The second-order valence-corrected chi connectivity index (χ2v) is 5.42. The van der Waals surface area contributed by atoms with Crippen molar-refractivity contribution in [1.82, 2.24) is 0 Å². The lowest BCUT2D eigenvalue weighted by Crippen LogP contribution is -2.36. The van der Waals surface area contributed by atoms with Crippen LogP contribution < -0.4 is 0 Å². The Morgan fingerprint density at radius 1 is 1.42 bits per heavy atom. The van der Waals surface area contributed by atoms with Gasteiger partial charge in [0.1, 0.15) is 5.60 Å². The smallest absolute Gasteiger partial charge is 0.100 e. The lowest BCUT2D eigenvalue weighted by molar-refractivity contribution is 0.0943. The van der Waals surface area contributed by atoms with Crippen molar-refractivity contribution in [3.8, 4) is 0 Å². The highest BCUT2D eigenvalue weighted by Gasteiger charge is 2.77. The van der Waals surface area contributed by atoms with Crippen LogP contribution in [0.2, 0.25) is 0 Å². The lowest BCUT2D eigenvalue weighted by Gasteiger charge is -2.33. The predicted octanol–water partition coefficient (Wildman–Crippen LogP) is 2.46. The Kier molecular flexibility index (Phi) is 1.07. The number of hydrogen-bond acceptors (Lipinski definition) is 1. The van der Waals surface area contributed by atoms with Crippen LogP contribution in [-0.2, 0) is 4.74 Å². The third-order valence-electron chi connectivity index (χ3n) is 4.87. The van der Waals surface area contributed by atoms with Crippen molar-refractivity contribution >= 4 is 0 Å². The molecule has 1 nitrogen and oxygen atoms in total. The van der Waals surface area contributed by atoms with E-state index in [1.807, 2.05) is 0 Å². The minimum Gasteiger partial charge on any atom is -0.369 e. The summed E-state index contributed by atoms with van der Waals surface area (Å²) in [4.78, 5) is 0. The zero-order valence-electron chi connectivity index (χ0n) is 8.26. The quantitative estimate of drug-likeness (QED) is 0.545. The van der Waals surface area contributed by atoms with Gasteiger partial charge in [0.25, 0.3) is 0 Å². The van der Waals surface area contributed by atoms with Crippen LogP contribution in [-0.4, -0.2) is 12.2 Å². The fourth-order valence-electron chi connectivity index (χ4n) is 4.00. The van der Waals surface area contributed by atoms with Gasteiger partial charge in [-0.1, -0.05) is 27.2 Å². The summed E-state index contributed by atoms with van der Waals surface area (Å²) in [5.74, 6) is 2.90. The zero-order chi connectivity index (χ0) is 8.56. The van der Waals surface area contributed by atoms with Crippen molar-refractivity contribution in [2.75, 3.05) is 6.61 Å². The third-order valence-corrected chi connectivity index (χ3v) is 4.87. The van der Waals surface area contributed by atoms with Crippen LogP contribution in [0.1, 0.15) is 33.6 Å². The van der Waals surface area contributed by atoms with Crippen LogP contribution in [0.5, 0.6) is 0 Å². The zero-order valence-corrected chi connectivity index (χ0v) is 8.26. The molecule has 12 heavy (non-hydrogen) atoms. The van der Waals surface area contributed by atoms with Crippen LogP contribution >= 0.6 is 0 Å². The van der Waals surface area contributed by atoms with Gasteiger partial charge in [-0.15, -0.1) is 0 Å². The van der Waals surface area contributed by atoms with Gasteiger partial charge >= 0.3 is 0 Å². The minimum absolute atomic E-state index is 0.346. The summed E-state index contributed by atoms with van der Waals surface area (Å²) in [6, 6.07) is 0. The molecule has 68 valence electrons. The van der Waals surface area contributed by atoms with Crippen LogP contribution in [0, 0.1) is 23.2 Å². The molecule has 3 aliphatic rings. The van der Waals surface area contributed by atoms with E-state index in [-0.39, 0.29) is 0 Å². The van der Waals surface area contributed by atoms with Crippen molar-refractivity contribution in [2.45, 2.75) is 39.2 Å². The molecule has 3 fully saturated rings. The lowest BCUT2D eigenvalue weighted by atomic mass is 9.70. The van der Waals surface area contributed by atoms with Gasteiger partial charge in [-0.05, 0) is 29.6 Å². The summed E-state index contributed by atoms with van der Waals surface area (Å²) in [5, 5.41) is 0. The van der Waals surface area contributed by atoms with Crippen LogP contribution in [0.3, 0.4) is 0 Å². The van der Waals surface area contributed by atoms with Crippen molar-refractivity contribution in [1.29, 1.82) is 0 Å². The molecule has 1 spiro atoms. The van der Waals surface area contributed by atoms with E-state index in [1.54, 1.807) is 0 Å². The average Bonchev–Trinajstić information content (AvgIpc) is 2.77. The first-order valence-electron chi connectivity index (χ1n) is 5.27. The average molecular weight is 166 g/mol. The van der Waals surface area contributed by atoms with E-state index in [9.17, 15) is 0 Å². The first-order chi connectivity index (χ1) is 5.63. The minimum atomic E-state index is 0.346. The Morgan fingerprint density at radius 3 is 2.42 bits per heavy atom. The van der Waals surface area contributed by atoms with Crippen molar-refractivity contribution in [3.05, 3.63) is 0 Å². The Labute approximate surface area is 74.5 Å². The summed E-state index contributed by atoms with van der Waals surface area (Å²) >= 11 is 0. The Morgan fingerprint density at radius 2 is 2.08 bits per heavy atom. The van der Waals surface area contributed by atoms with Crippen LogP contribution in [0.25, 0.3) is 0 Å². The molecule has 0 aromatic heterocycles. The van der Waals surface area contributed by atoms with E-state index in [0.717, 1.165) is 24.4 Å². The molecule has 3 unspecified atom stereocenters. The molecule has 1 heterocycles. The molecule has 3 rings (SSSR count). The van der Waals surface area contributed by atoms with E-state index in [0.29, 0.717) is 11.0 Å². The highest BCUT2D eigenvalue weighted by Crippen LogP contribution is 2.74. The van der Waals surface area contributed by atoms with Gasteiger partial charge in [0, 0.05) is 0 Å². The third kappa shape index (κ3) is 0.555. The van der Waals surface area contributed by atoms with Gasteiger partial charge in [-0.2, -0.15) is 0 Å². The Balaban J connectivity index is 1.99. The molecule has 0 amide bonds. The second-order valence-electron chi connectivity index (χ2n) is 5.42. The Hall–Kier alpha value is -0.0400. The molecule has 2 aliphatic carbocycles. The fraction of sp³-hybridized carbons (Fsp3) is 1.00. The summed E-state index contributed by atoms with van der Waals surface area (Å²) in [6.45, 7) is 8.22. The molecular formula is C11H18O.